The van der Waals surface area contributed by atoms with Gasteiger partial charge in [-0.1, -0.05) is 0 Å². The van der Waals surface area contributed by atoms with Crippen molar-refractivity contribution in [3.8, 4) is 0 Å². The van der Waals surface area contributed by atoms with Gasteiger partial charge in [-0.3, -0.25) is 4.79 Å². The molecule has 82 valence electrons. The zero-order chi connectivity index (χ0) is 11.4. The number of ether oxygens (including phenoxy) is 1. The van der Waals surface area contributed by atoms with Crippen molar-refractivity contribution in [3.05, 3.63) is 35.4 Å². The molecule has 0 heterocycles. The highest BCUT2D eigenvalue weighted by Gasteiger charge is 2.12. The molecule has 1 atom stereocenters. The Morgan fingerprint density at radius 3 is 2.60 bits per heavy atom. The summed E-state index contributed by atoms with van der Waals surface area (Å²) in [5.41, 5.74) is 0.165. The smallest absolute Gasteiger partial charge is 0.165 e. The van der Waals surface area contributed by atoms with Crippen LogP contribution in [0.5, 0.6) is 0 Å². The molecule has 1 aromatic carbocycles. The third-order valence-electron chi connectivity index (χ3n) is 2.12. The Bertz CT molecular complexity index is 364. The molecule has 1 aromatic rings. The van der Waals surface area contributed by atoms with Gasteiger partial charge >= 0.3 is 0 Å². The number of hydrogen-bond acceptors (Lipinski definition) is 2. The second-order valence-electron chi connectivity index (χ2n) is 3.30. The third kappa shape index (κ3) is 3.09. The predicted octanol–water partition coefficient (Wildman–Crippen LogP) is 2.57. The monoisotopic (exact) mass is 214 g/mol. The Balaban J connectivity index is 2.78. The lowest BCUT2D eigenvalue weighted by Crippen LogP contribution is -2.12. The maximum atomic E-state index is 12.8. The minimum Gasteiger partial charge on any atom is -0.381 e. The molecule has 0 saturated heterocycles. The highest BCUT2D eigenvalue weighted by molar-refractivity contribution is 5.96. The molecule has 0 aliphatic heterocycles. The molecule has 4 heteroatoms. The maximum absolute atomic E-state index is 12.8. The molecule has 0 fully saturated rings. The summed E-state index contributed by atoms with van der Waals surface area (Å²) in [5, 5.41) is 0. The predicted molar refractivity (Wildman–Crippen MR) is 51.8 cm³/mol. The normalized spacial score (nSPS) is 12.5. The van der Waals surface area contributed by atoms with Crippen molar-refractivity contribution in [1.29, 1.82) is 0 Å². The summed E-state index contributed by atoms with van der Waals surface area (Å²) >= 11 is 0. The van der Waals surface area contributed by atoms with Crippen LogP contribution in [0.1, 0.15) is 23.7 Å². The van der Waals surface area contributed by atoms with E-state index in [0.29, 0.717) is 0 Å². The average molecular weight is 214 g/mol. The van der Waals surface area contributed by atoms with E-state index in [1.54, 1.807) is 6.92 Å². The highest BCUT2D eigenvalue weighted by Crippen LogP contribution is 2.12. The minimum atomic E-state index is -1.01. The minimum absolute atomic E-state index is 0.154. The van der Waals surface area contributed by atoms with E-state index in [2.05, 4.69) is 0 Å². The molecule has 0 aliphatic rings. The van der Waals surface area contributed by atoms with E-state index >= 15 is 0 Å². The topological polar surface area (TPSA) is 26.3 Å². The molecule has 0 radical (unpaired) electrons. The van der Waals surface area contributed by atoms with Crippen LogP contribution in [-0.4, -0.2) is 19.0 Å². The standard InChI is InChI=1S/C11H12F2O2/c1-7(15-2)5-11(14)8-3-4-9(12)10(13)6-8/h3-4,6-7H,5H2,1-2H3. The summed E-state index contributed by atoms with van der Waals surface area (Å²) in [6, 6.07) is 3.11. The van der Waals surface area contributed by atoms with E-state index in [1.165, 1.54) is 13.2 Å². The lowest BCUT2D eigenvalue weighted by atomic mass is 10.1. The van der Waals surface area contributed by atoms with Crippen LogP contribution < -0.4 is 0 Å². The summed E-state index contributed by atoms with van der Waals surface area (Å²) < 4.78 is 30.3. The zero-order valence-electron chi connectivity index (χ0n) is 8.59. The Morgan fingerprint density at radius 1 is 1.40 bits per heavy atom. The first-order valence-corrected chi connectivity index (χ1v) is 4.55. The SMILES string of the molecule is COC(C)CC(=O)c1ccc(F)c(F)c1. The van der Waals surface area contributed by atoms with Gasteiger partial charge in [0.1, 0.15) is 0 Å². The molecule has 0 spiro atoms. The van der Waals surface area contributed by atoms with Crippen LogP contribution in [0.15, 0.2) is 18.2 Å². The number of rotatable bonds is 4. The van der Waals surface area contributed by atoms with Gasteiger partial charge < -0.3 is 4.74 Å². The van der Waals surface area contributed by atoms with Crippen molar-refractivity contribution in [2.24, 2.45) is 0 Å². The van der Waals surface area contributed by atoms with Crippen molar-refractivity contribution in [2.45, 2.75) is 19.4 Å². The maximum Gasteiger partial charge on any atom is 0.165 e. The lowest BCUT2D eigenvalue weighted by molar-refractivity contribution is 0.0791. The average Bonchev–Trinajstić information content (AvgIpc) is 2.21. The molecule has 0 aliphatic carbocycles. The quantitative estimate of drug-likeness (QED) is 0.720. The van der Waals surface area contributed by atoms with Crippen LogP contribution in [0.25, 0.3) is 0 Å². The fraction of sp³-hybridized carbons (Fsp3) is 0.364. The number of methoxy groups -OCH3 is 1. The molecule has 2 nitrogen and oxygen atoms in total. The van der Waals surface area contributed by atoms with Crippen LogP contribution in [-0.2, 0) is 4.74 Å². The van der Waals surface area contributed by atoms with Gasteiger partial charge in [0.2, 0.25) is 0 Å². The van der Waals surface area contributed by atoms with Crippen LogP contribution in [0.2, 0.25) is 0 Å². The van der Waals surface area contributed by atoms with Gasteiger partial charge in [0.15, 0.2) is 17.4 Å². The van der Waals surface area contributed by atoms with Gasteiger partial charge in [-0.15, -0.1) is 0 Å². The van der Waals surface area contributed by atoms with Gasteiger partial charge in [0, 0.05) is 19.1 Å². The largest absolute Gasteiger partial charge is 0.381 e. The van der Waals surface area contributed by atoms with E-state index in [-0.39, 0.29) is 23.9 Å². The fourth-order valence-electron chi connectivity index (χ4n) is 1.13. The van der Waals surface area contributed by atoms with E-state index in [1.807, 2.05) is 0 Å². The third-order valence-corrected chi connectivity index (χ3v) is 2.12. The molecule has 0 N–H and O–H groups in total. The van der Waals surface area contributed by atoms with Crippen molar-refractivity contribution >= 4 is 5.78 Å². The molecule has 1 rings (SSSR count). The van der Waals surface area contributed by atoms with Gasteiger partial charge in [-0.05, 0) is 25.1 Å². The molecule has 15 heavy (non-hydrogen) atoms. The second-order valence-corrected chi connectivity index (χ2v) is 3.30. The van der Waals surface area contributed by atoms with Crippen molar-refractivity contribution in [3.63, 3.8) is 0 Å². The number of benzene rings is 1. The summed E-state index contributed by atoms with van der Waals surface area (Å²) in [4.78, 5) is 11.5. The summed E-state index contributed by atoms with van der Waals surface area (Å²) in [7, 11) is 1.49. The van der Waals surface area contributed by atoms with Crippen molar-refractivity contribution in [2.75, 3.05) is 7.11 Å². The molecule has 0 bridgehead atoms. The number of carbonyl (C=O) groups excluding carboxylic acids is 1. The number of carbonyl (C=O) groups is 1. The van der Waals surface area contributed by atoms with E-state index in [4.69, 9.17) is 4.74 Å². The van der Waals surface area contributed by atoms with Gasteiger partial charge in [0.25, 0.3) is 0 Å². The van der Waals surface area contributed by atoms with Gasteiger partial charge in [0.05, 0.1) is 6.10 Å². The molecule has 0 amide bonds. The fourth-order valence-corrected chi connectivity index (χ4v) is 1.13. The molecule has 0 saturated carbocycles. The number of hydrogen-bond donors (Lipinski definition) is 0. The van der Waals surface area contributed by atoms with E-state index < -0.39 is 11.6 Å². The summed E-state index contributed by atoms with van der Waals surface area (Å²) in [5.74, 6) is -2.22. The van der Waals surface area contributed by atoms with Gasteiger partial charge in [-0.25, -0.2) is 8.78 Å². The van der Waals surface area contributed by atoms with Crippen LogP contribution >= 0.6 is 0 Å². The summed E-state index contributed by atoms with van der Waals surface area (Å²) in [6.45, 7) is 1.73. The number of Topliss-reactive ketones (excluding diaryl/α,β-unsaturated/α-hetero) is 1. The first kappa shape index (κ1) is 11.8. The van der Waals surface area contributed by atoms with E-state index in [9.17, 15) is 13.6 Å². The first-order chi connectivity index (χ1) is 7.04. The Morgan fingerprint density at radius 2 is 2.07 bits per heavy atom. The van der Waals surface area contributed by atoms with Crippen LogP contribution in [0, 0.1) is 11.6 Å². The Labute approximate surface area is 86.9 Å². The molecular formula is C11H12F2O2. The zero-order valence-corrected chi connectivity index (χ0v) is 8.59. The molecular weight excluding hydrogens is 202 g/mol. The first-order valence-electron chi connectivity index (χ1n) is 4.55. The van der Waals surface area contributed by atoms with Crippen LogP contribution in [0.4, 0.5) is 8.78 Å². The second kappa shape index (κ2) is 4.98. The number of halogens is 2. The van der Waals surface area contributed by atoms with E-state index in [0.717, 1.165) is 12.1 Å². The van der Waals surface area contributed by atoms with Crippen LogP contribution in [0.3, 0.4) is 0 Å². The Kier molecular flexibility index (Phi) is 3.91. The highest BCUT2D eigenvalue weighted by atomic mass is 19.2. The molecule has 0 aromatic heterocycles. The van der Waals surface area contributed by atoms with Crippen molar-refractivity contribution in [1.82, 2.24) is 0 Å². The summed E-state index contributed by atoms with van der Waals surface area (Å²) in [6.07, 6.45) is -0.0766. The lowest BCUT2D eigenvalue weighted by Gasteiger charge is -2.08. The van der Waals surface area contributed by atoms with Gasteiger partial charge in [-0.2, -0.15) is 0 Å². The molecule has 1 unspecified atom stereocenters. The van der Waals surface area contributed by atoms with Crippen molar-refractivity contribution < 1.29 is 18.3 Å². The Hall–Kier alpha value is -1.29. The number of ketones is 1.